The van der Waals surface area contributed by atoms with E-state index in [0.717, 1.165) is 30.4 Å². The molecule has 0 atom stereocenters. The van der Waals surface area contributed by atoms with Crippen molar-refractivity contribution in [3.8, 4) is 17.1 Å². The van der Waals surface area contributed by atoms with E-state index in [4.69, 9.17) is 4.74 Å². The molecule has 29 heavy (non-hydrogen) atoms. The van der Waals surface area contributed by atoms with Gasteiger partial charge in [-0.2, -0.15) is 0 Å². The number of rotatable bonds is 6. The molecule has 1 N–H and O–H groups in total. The van der Waals surface area contributed by atoms with Gasteiger partial charge in [0, 0.05) is 17.3 Å². The molecular formula is C22H23N3O3S. The molecule has 0 spiro atoms. The van der Waals surface area contributed by atoms with Crippen LogP contribution in [0.5, 0.6) is 5.88 Å². The molecule has 7 heteroatoms. The predicted octanol–water partition coefficient (Wildman–Crippen LogP) is 4.22. The van der Waals surface area contributed by atoms with Gasteiger partial charge in [0.05, 0.1) is 17.2 Å². The van der Waals surface area contributed by atoms with Crippen molar-refractivity contribution < 1.29 is 13.2 Å². The number of ether oxygens (including phenoxy) is 1. The topological polar surface area (TPSA) is 81.2 Å². The standard InChI is InChI=1S/C22H23N3O3S/c1-2-28-22-14-13-21(23-24-22)17-7-10-19(11-8-17)25-29(26,27)20-12-9-16-5-3-4-6-18(16)15-20/h7-15,25H,2-6H2,1H3. The van der Waals surface area contributed by atoms with E-state index in [-0.39, 0.29) is 0 Å². The normalized spacial score (nSPS) is 13.6. The molecule has 150 valence electrons. The zero-order valence-corrected chi connectivity index (χ0v) is 17.1. The van der Waals surface area contributed by atoms with Gasteiger partial charge in [-0.25, -0.2) is 8.42 Å². The van der Waals surface area contributed by atoms with Crippen LogP contribution in [0.3, 0.4) is 0 Å². The molecule has 1 aliphatic rings. The smallest absolute Gasteiger partial charge is 0.261 e. The lowest BCUT2D eigenvalue weighted by molar-refractivity contribution is 0.323. The van der Waals surface area contributed by atoms with Crippen LogP contribution in [0.15, 0.2) is 59.5 Å². The summed E-state index contributed by atoms with van der Waals surface area (Å²) in [7, 11) is -3.63. The maximum Gasteiger partial charge on any atom is 0.261 e. The molecule has 1 aliphatic carbocycles. The summed E-state index contributed by atoms with van der Waals surface area (Å²) in [4.78, 5) is 0.305. The van der Waals surface area contributed by atoms with Crippen molar-refractivity contribution in [2.24, 2.45) is 0 Å². The fourth-order valence-corrected chi connectivity index (χ4v) is 4.61. The van der Waals surface area contributed by atoms with Gasteiger partial charge < -0.3 is 4.74 Å². The molecule has 0 aliphatic heterocycles. The molecular weight excluding hydrogens is 386 g/mol. The van der Waals surface area contributed by atoms with E-state index < -0.39 is 10.0 Å². The fraction of sp³-hybridized carbons (Fsp3) is 0.273. The minimum absolute atomic E-state index is 0.305. The maximum atomic E-state index is 12.8. The Labute approximate surface area is 171 Å². The second kappa shape index (κ2) is 8.21. The van der Waals surface area contributed by atoms with Crippen LogP contribution in [0.4, 0.5) is 5.69 Å². The van der Waals surface area contributed by atoms with E-state index in [0.29, 0.717) is 28.8 Å². The maximum absolute atomic E-state index is 12.8. The Morgan fingerprint density at radius 2 is 1.69 bits per heavy atom. The molecule has 2 aromatic carbocycles. The summed E-state index contributed by atoms with van der Waals surface area (Å²) in [5.41, 5.74) is 4.44. The van der Waals surface area contributed by atoms with Crippen LogP contribution in [-0.2, 0) is 22.9 Å². The minimum Gasteiger partial charge on any atom is -0.477 e. The lowest BCUT2D eigenvalue weighted by Gasteiger charge is -2.17. The second-order valence-electron chi connectivity index (χ2n) is 7.01. The number of fused-ring (bicyclic) bond motifs is 1. The van der Waals surface area contributed by atoms with Crippen LogP contribution in [0.1, 0.15) is 30.9 Å². The van der Waals surface area contributed by atoms with Crippen LogP contribution in [0.2, 0.25) is 0 Å². The number of nitrogens with zero attached hydrogens (tertiary/aromatic N) is 2. The molecule has 0 bridgehead atoms. The van der Waals surface area contributed by atoms with E-state index in [2.05, 4.69) is 14.9 Å². The molecule has 1 heterocycles. The lowest BCUT2D eigenvalue weighted by Crippen LogP contribution is -2.14. The first-order valence-electron chi connectivity index (χ1n) is 9.77. The first-order valence-corrected chi connectivity index (χ1v) is 11.2. The van der Waals surface area contributed by atoms with Crippen LogP contribution in [-0.4, -0.2) is 25.2 Å². The average Bonchev–Trinajstić information content (AvgIpc) is 2.74. The Hall–Kier alpha value is -2.93. The predicted molar refractivity (Wildman–Crippen MR) is 113 cm³/mol. The molecule has 0 fully saturated rings. The third-order valence-corrected chi connectivity index (χ3v) is 6.37. The van der Waals surface area contributed by atoms with Crippen molar-refractivity contribution in [2.45, 2.75) is 37.5 Å². The molecule has 3 aromatic rings. The molecule has 0 saturated heterocycles. The first kappa shape index (κ1) is 19.4. The van der Waals surface area contributed by atoms with Gasteiger partial charge in [-0.15, -0.1) is 10.2 Å². The summed E-state index contributed by atoms with van der Waals surface area (Å²) < 4.78 is 33.5. The SMILES string of the molecule is CCOc1ccc(-c2ccc(NS(=O)(=O)c3ccc4c(c3)CCCC4)cc2)nn1. The van der Waals surface area contributed by atoms with Crippen molar-refractivity contribution in [3.63, 3.8) is 0 Å². The van der Waals surface area contributed by atoms with Crippen LogP contribution in [0, 0.1) is 0 Å². The Morgan fingerprint density at radius 1 is 0.931 bits per heavy atom. The Balaban J connectivity index is 1.50. The summed E-state index contributed by atoms with van der Waals surface area (Å²) in [6.07, 6.45) is 4.25. The van der Waals surface area contributed by atoms with Gasteiger partial charge in [0.25, 0.3) is 10.0 Å². The Morgan fingerprint density at radius 3 is 2.38 bits per heavy atom. The molecule has 6 nitrogen and oxygen atoms in total. The van der Waals surface area contributed by atoms with E-state index in [9.17, 15) is 8.42 Å². The van der Waals surface area contributed by atoms with Crippen molar-refractivity contribution in [1.29, 1.82) is 0 Å². The van der Waals surface area contributed by atoms with Crippen molar-refractivity contribution in [1.82, 2.24) is 10.2 Å². The molecule has 0 radical (unpaired) electrons. The summed E-state index contributed by atoms with van der Waals surface area (Å²) in [5, 5.41) is 8.16. The van der Waals surface area contributed by atoms with Gasteiger partial charge in [0.2, 0.25) is 5.88 Å². The van der Waals surface area contributed by atoms with Gasteiger partial charge >= 0.3 is 0 Å². The van der Waals surface area contributed by atoms with Crippen molar-refractivity contribution in [3.05, 3.63) is 65.7 Å². The zero-order valence-electron chi connectivity index (χ0n) is 16.3. The summed E-state index contributed by atoms with van der Waals surface area (Å²) in [6, 6.07) is 16.1. The number of nitrogens with one attached hydrogen (secondary N) is 1. The monoisotopic (exact) mass is 409 g/mol. The largest absolute Gasteiger partial charge is 0.477 e. The highest BCUT2D eigenvalue weighted by atomic mass is 32.2. The number of aromatic nitrogens is 2. The van der Waals surface area contributed by atoms with E-state index in [1.54, 1.807) is 30.3 Å². The molecule has 0 saturated carbocycles. The number of hydrogen-bond acceptors (Lipinski definition) is 5. The van der Waals surface area contributed by atoms with Gasteiger partial charge in [-0.05, 0) is 74.1 Å². The van der Waals surface area contributed by atoms with E-state index in [1.165, 1.54) is 12.0 Å². The number of hydrogen-bond donors (Lipinski definition) is 1. The number of sulfonamides is 1. The number of anilines is 1. The van der Waals surface area contributed by atoms with Crippen LogP contribution >= 0.6 is 0 Å². The minimum atomic E-state index is -3.63. The molecule has 0 unspecified atom stereocenters. The first-order chi connectivity index (χ1) is 14.0. The number of benzene rings is 2. The molecule has 4 rings (SSSR count). The van der Waals surface area contributed by atoms with Gasteiger partial charge in [-0.3, -0.25) is 4.72 Å². The van der Waals surface area contributed by atoms with Crippen molar-refractivity contribution in [2.75, 3.05) is 11.3 Å². The summed E-state index contributed by atoms with van der Waals surface area (Å²) in [5.74, 6) is 0.477. The van der Waals surface area contributed by atoms with E-state index >= 15 is 0 Å². The Bertz CT molecular complexity index is 1100. The highest BCUT2D eigenvalue weighted by molar-refractivity contribution is 7.92. The quantitative estimate of drug-likeness (QED) is 0.659. The average molecular weight is 410 g/mol. The highest BCUT2D eigenvalue weighted by Gasteiger charge is 2.18. The van der Waals surface area contributed by atoms with Crippen LogP contribution in [0.25, 0.3) is 11.3 Å². The fourth-order valence-electron chi connectivity index (χ4n) is 3.50. The molecule has 1 aromatic heterocycles. The highest BCUT2D eigenvalue weighted by Crippen LogP contribution is 2.26. The summed E-state index contributed by atoms with van der Waals surface area (Å²) >= 11 is 0. The van der Waals surface area contributed by atoms with Gasteiger partial charge in [-0.1, -0.05) is 18.2 Å². The Kier molecular flexibility index (Phi) is 5.49. The van der Waals surface area contributed by atoms with E-state index in [1.807, 2.05) is 31.2 Å². The lowest BCUT2D eigenvalue weighted by atomic mass is 9.92. The van der Waals surface area contributed by atoms with Gasteiger partial charge in [0.1, 0.15) is 0 Å². The summed E-state index contributed by atoms with van der Waals surface area (Å²) in [6.45, 7) is 2.42. The van der Waals surface area contributed by atoms with Crippen molar-refractivity contribution >= 4 is 15.7 Å². The van der Waals surface area contributed by atoms with Crippen LogP contribution < -0.4 is 9.46 Å². The zero-order chi connectivity index (χ0) is 20.3. The second-order valence-corrected chi connectivity index (χ2v) is 8.69. The van der Waals surface area contributed by atoms with Gasteiger partial charge in [0.15, 0.2) is 0 Å². The number of aryl methyl sites for hydroxylation is 2. The third-order valence-electron chi connectivity index (χ3n) is 5.00. The third kappa shape index (κ3) is 4.40. The molecule has 0 amide bonds.